The molecular formula is C22H34N2O4S. The molecule has 162 valence electrons. The van der Waals surface area contributed by atoms with Crippen molar-refractivity contribution >= 4 is 15.9 Å². The zero-order valence-corrected chi connectivity index (χ0v) is 18.4. The maximum absolute atomic E-state index is 12.5. The van der Waals surface area contributed by atoms with Gasteiger partial charge in [-0.1, -0.05) is 38.0 Å². The molecule has 0 atom stereocenters. The second-order valence-corrected chi connectivity index (χ2v) is 10.6. The molecule has 2 aliphatic rings. The number of sulfonamides is 1. The quantitative estimate of drug-likeness (QED) is 0.674. The van der Waals surface area contributed by atoms with Crippen LogP contribution in [0.15, 0.2) is 24.3 Å². The van der Waals surface area contributed by atoms with Crippen molar-refractivity contribution in [1.29, 1.82) is 0 Å². The van der Waals surface area contributed by atoms with Gasteiger partial charge in [0.05, 0.1) is 7.11 Å². The molecule has 6 nitrogen and oxygen atoms in total. The number of para-hydroxylation sites is 1. The highest BCUT2D eigenvalue weighted by Crippen LogP contribution is 2.44. The SMILES string of the molecule is COc1ccccc1C1(CNC(=O)CS(=O)(=O)NC2CCC(C)CC2)CCCC1. The largest absolute Gasteiger partial charge is 0.496 e. The fourth-order valence-corrected chi connectivity index (χ4v) is 6.11. The average molecular weight is 423 g/mol. The van der Waals surface area contributed by atoms with Crippen molar-refractivity contribution < 1.29 is 17.9 Å². The monoisotopic (exact) mass is 422 g/mol. The summed E-state index contributed by atoms with van der Waals surface area (Å²) in [6.07, 6.45) is 7.85. The van der Waals surface area contributed by atoms with Crippen molar-refractivity contribution in [1.82, 2.24) is 10.0 Å². The van der Waals surface area contributed by atoms with E-state index < -0.39 is 21.7 Å². The average Bonchev–Trinajstić information content (AvgIpc) is 3.18. The Balaban J connectivity index is 1.59. The molecule has 2 fully saturated rings. The van der Waals surface area contributed by atoms with E-state index in [0.717, 1.165) is 62.7 Å². The standard InChI is InChI=1S/C22H34N2O4S/c1-17-9-11-18(12-10-17)24-29(26,27)15-21(25)23-16-22(13-5-6-14-22)19-7-3-4-8-20(19)28-2/h3-4,7-8,17-18,24H,5-6,9-16H2,1-2H3,(H,23,25). The van der Waals surface area contributed by atoms with E-state index in [0.29, 0.717) is 12.5 Å². The van der Waals surface area contributed by atoms with Gasteiger partial charge >= 0.3 is 0 Å². The molecule has 0 bridgehead atoms. The number of nitrogens with one attached hydrogen (secondary N) is 2. The van der Waals surface area contributed by atoms with Gasteiger partial charge in [-0.15, -0.1) is 0 Å². The summed E-state index contributed by atoms with van der Waals surface area (Å²) in [5, 5.41) is 2.90. The van der Waals surface area contributed by atoms with Crippen LogP contribution in [-0.4, -0.2) is 39.8 Å². The van der Waals surface area contributed by atoms with Crippen molar-refractivity contribution in [2.45, 2.75) is 69.7 Å². The van der Waals surface area contributed by atoms with Crippen LogP contribution in [0, 0.1) is 5.92 Å². The molecule has 0 spiro atoms. The summed E-state index contributed by atoms with van der Waals surface area (Å²) in [5.41, 5.74) is 0.900. The zero-order chi connectivity index (χ0) is 20.9. The van der Waals surface area contributed by atoms with Gasteiger partial charge < -0.3 is 10.1 Å². The van der Waals surface area contributed by atoms with Crippen LogP contribution in [0.5, 0.6) is 5.75 Å². The van der Waals surface area contributed by atoms with Gasteiger partial charge in [0.2, 0.25) is 15.9 Å². The summed E-state index contributed by atoms with van der Waals surface area (Å²) in [6.45, 7) is 2.63. The van der Waals surface area contributed by atoms with Gasteiger partial charge in [-0.3, -0.25) is 4.79 Å². The molecule has 2 N–H and O–H groups in total. The van der Waals surface area contributed by atoms with E-state index in [1.165, 1.54) is 0 Å². The molecule has 0 radical (unpaired) electrons. The summed E-state index contributed by atoms with van der Waals surface area (Å²) in [7, 11) is -1.97. The Morgan fingerprint density at radius 1 is 1.14 bits per heavy atom. The second kappa shape index (κ2) is 9.47. The van der Waals surface area contributed by atoms with E-state index >= 15 is 0 Å². The van der Waals surface area contributed by atoms with Gasteiger partial charge in [0.15, 0.2) is 0 Å². The number of methoxy groups -OCH3 is 1. The number of carbonyl (C=O) groups is 1. The van der Waals surface area contributed by atoms with E-state index in [2.05, 4.69) is 23.0 Å². The number of hydrogen-bond donors (Lipinski definition) is 2. The van der Waals surface area contributed by atoms with Gasteiger partial charge in [0.1, 0.15) is 11.5 Å². The highest BCUT2D eigenvalue weighted by Gasteiger charge is 2.38. The van der Waals surface area contributed by atoms with Crippen LogP contribution in [0.25, 0.3) is 0 Å². The zero-order valence-electron chi connectivity index (χ0n) is 17.6. The number of ether oxygens (including phenoxy) is 1. The number of benzene rings is 1. The van der Waals surface area contributed by atoms with Crippen LogP contribution < -0.4 is 14.8 Å². The molecule has 0 aromatic heterocycles. The van der Waals surface area contributed by atoms with E-state index in [1.807, 2.05) is 18.2 Å². The highest BCUT2D eigenvalue weighted by molar-refractivity contribution is 7.90. The number of rotatable bonds is 8. The lowest BCUT2D eigenvalue weighted by atomic mass is 9.78. The first-order chi connectivity index (χ1) is 13.8. The molecule has 29 heavy (non-hydrogen) atoms. The Bertz CT molecular complexity index is 795. The van der Waals surface area contributed by atoms with Crippen LogP contribution in [0.3, 0.4) is 0 Å². The van der Waals surface area contributed by atoms with Gasteiger partial charge in [0.25, 0.3) is 0 Å². The molecule has 0 saturated heterocycles. The van der Waals surface area contributed by atoms with E-state index in [4.69, 9.17) is 4.74 Å². The van der Waals surface area contributed by atoms with Gasteiger partial charge in [-0.25, -0.2) is 13.1 Å². The Morgan fingerprint density at radius 3 is 2.45 bits per heavy atom. The first-order valence-corrected chi connectivity index (χ1v) is 12.4. The molecule has 7 heteroatoms. The van der Waals surface area contributed by atoms with Gasteiger partial charge in [0, 0.05) is 23.6 Å². The molecule has 1 aromatic carbocycles. The highest BCUT2D eigenvalue weighted by atomic mass is 32.2. The lowest BCUT2D eigenvalue weighted by molar-refractivity contribution is -0.118. The minimum atomic E-state index is -3.63. The van der Waals surface area contributed by atoms with Crippen molar-refractivity contribution in [2.24, 2.45) is 5.92 Å². The summed E-state index contributed by atoms with van der Waals surface area (Å²) in [5.74, 6) is 0.519. The third kappa shape index (κ3) is 5.72. The number of hydrogen-bond acceptors (Lipinski definition) is 4. The molecule has 2 aliphatic carbocycles. The first kappa shape index (κ1) is 22.1. The van der Waals surface area contributed by atoms with Crippen LogP contribution >= 0.6 is 0 Å². The Hall–Kier alpha value is -1.60. The number of carbonyl (C=O) groups excluding carboxylic acids is 1. The summed E-state index contributed by atoms with van der Waals surface area (Å²) >= 11 is 0. The number of amides is 1. The van der Waals surface area contributed by atoms with Crippen LogP contribution in [0.2, 0.25) is 0 Å². The summed E-state index contributed by atoms with van der Waals surface area (Å²) < 4.78 is 33.2. The van der Waals surface area contributed by atoms with Crippen molar-refractivity contribution in [3.05, 3.63) is 29.8 Å². The van der Waals surface area contributed by atoms with Crippen LogP contribution in [-0.2, 0) is 20.2 Å². The fourth-order valence-electron chi connectivity index (χ4n) is 4.84. The fraction of sp³-hybridized carbons (Fsp3) is 0.682. The maximum atomic E-state index is 12.5. The van der Waals surface area contributed by atoms with Crippen molar-refractivity contribution in [3.8, 4) is 5.75 Å². The lowest BCUT2D eigenvalue weighted by Gasteiger charge is -2.31. The Kier molecular flexibility index (Phi) is 7.22. The Morgan fingerprint density at radius 2 is 1.79 bits per heavy atom. The summed E-state index contributed by atoms with van der Waals surface area (Å²) in [6, 6.07) is 7.88. The molecule has 0 heterocycles. The maximum Gasteiger partial charge on any atom is 0.236 e. The normalized spacial score (nSPS) is 24.2. The minimum Gasteiger partial charge on any atom is -0.496 e. The molecule has 0 aliphatic heterocycles. The second-order valence-electron chi connectivity index (χ2n) is 8.80. The van der Waals surface area contributed by atoms with Crippen molar-refractivity contribution in [3.63, 3.8) is 0 Å². The predicted molar refractivity (Wildman–Crippen MR) is 114 cm³/mol. The molecule has 0 unspecified atom stereocenters. The topological polar surface area (TPSA) is 84.5 Å². The van der Waals surface area contributed by atoms with E-state index in [-0.39, 0.29) is 11.5 Å². The van der Waals surface area contributed by atoms with Crippen LogP contribution in [0.1, 0.15) is 63.9 Å². The van der Waals surface area contributed by atoms with Gasteiger partial charge in [-0.05, 0) is 50.5 Å². The van der Waals surface area contributed by atoms with Crippen LogP contribution in [0.4, 0.5) is 0 Å². The van der Waals surface area contributed by atoms with E-state index in [1.54, 1.807) is 7.11 Å². The third-order valence-corrected chi connectivity index (χ3v) is 7.88. The predicted octanol–water partition coefficient (Wildman–Crippen LogP) is 3.12. The first-order valence-electron chi connectivity index (χ1n) is 10.7. The minimum absolute atomic E-state index is 0.0428. The third-order valence-electron chi connectivity index (χ3n) is 6.55. The van der Waals surface area contributed by atoms with E-state index in [9.17, 15) is 13.2 Å². The molecule has 1 amide bonds. The lowest BCUT2D eigenvalue weighted by Crippen LogP contribution is -2.45. The summed E-state index contributed by atoms with van der Waals surface area (Å²) in [4.78, 5) is 12.5. The smallest absolute Gasteiger partial charge is 0.236 e. The van der Waals surface area contributed by atoms with Gasteiger partial charge in [-0.2, -0.15) is 0 Å². The Labute approximate surface area is 174 Å². The molecular weight excluding hydrogens is 388 g/mol. The molecule has 1 aromatic rings. The molecule has 3 rings (SSSR count). The van der Waals surface area contributed by atoms with Crippen molar-refractivity contribution in [2.75, 3.05) is 19.4 Å². The molecule has 2 saturated carbocycles.